The van der Waals surface area contributed by atoms with Gasteiger partial charge in [-0.1, -0.05) is 77.9 Å². The van der Waals surface area contributed by atoms with E-state index in [1.807, 2.05) is 111 Å². The van der Waals surface area contributed by atoms with Crippen molar-refractivity contribution < 1.29 is 24.3 Å². The van der Waals surface area contributed by atoms with E-state index in [0.29, 0.717) is 33.9 Å². The Bertz CT molecular complexity index is 2500. The van der Waals surface area contributed by atoms with E-state index in [2.05, 4.69) is 15.7 Å². The number of phenolic OH excluding ortho intramolecular Hbond substituents is 1. The number of carbonyl (C=O) groups excluding carboxylic acids is 4. The van der Waals surface area contributed by atoms with Crippen LogP contribution in [0.15, 0.2) is 149 Å². The van der Waals surface area contributed by atoms with Crippen LogP contribution in [-0.2, 0) is 24.6 Å². The average Bonchev–Trinajstić information content (AvgIpc) is 3.62. The van der Waals surface area contributed by atoms with Crippen molar-refractivity contribution in [1.82, 2.24) is 5.01 Å². The van der Waals surface area contributed by atoms with Crippen LogP contribution in [0.2, 0.25) is 0 Å². The summed E-state index contributed by atoms with van der Waals surface area (Å²) in [5.74, 6) is -5.29. The first-order chi connectivity index (χ1) is 28.1. The first kappa shape index (κ1) is 36.7. The highest BCUT2D eigenvalue weighted by Crippen LogP contribution is 2.65. The van der Waals surface area contributed by atoms with Crippen LogP contribution < -0.4 is 15.2 Å². The molecule has 0 spiro atoms. The second-order valence-electron chi connectivity index (χ2n) is 15.8. The van der Waals surface area contributed by atoms with Gasteiger partial charge in [-0.3, -0.25) is 29.5 Å². The summed E-state index contributed by atoms with van der Waals surface area (Å²) in [6, 6.07) is 38.1. The molecule has 11 heteroatoms. The van der Waals surface area contributed by atoms with E-state index in [1.54, 1.807) is 48.5 Å². The van der Waals surface area contributed by atoms with Crippen LogP contribution >= 0.6 is 0 Å². The van der Waals surface area contributed by atoms with Crippen molar-refractivity contribution in [2.45, 2.75) is 31.1 Å². The molecule has 290 valence electrons. The number of amides is 4. The number of aryl methyl sites for hydroxylation is 1. The number of fused-ring (bicyclic) bond motifs is 4. The van der Waals surface area contributed by atoms with E-state index >= 15 is 4.79 Å². The molecule has 4 aliphatic rings. The van der Waals surface area contributed by atoms with E-state index < -0.39 is 46.8 Å². The van der Waals surface area contributed by atoms with Crippen molar-refractivity contribution in [3.63, 3.8) is 0 Å². The molecule has 6 atom stereocenters. The quantitative estimate of drug-likeness (QED) is 0.0920. The molecule has 0 radical (unpaired) electrons. The number of benzene rings is 5. The normalized spacial score (nSPS) is 25.1. The number of imide groups is 2. The molecule has 1 saturated carbocycles. The molecule has 0 bridgehead atoms. The number of para-hydroxylation sites is 1. The van der Waals surface area contributed by atoms with E-state index in [-0.39, 0.29) is 30.4 Å². The lowest BCUT2D eigenvalue weighted by atomic mass is 9.49. The van der Waals surface area contributed by atoms with E-state index in [1.165, 1.54) is 4.90 Å². The van der Waals surface area contributed by atoms with Gasteiger partial charge in [-0.15, -0.1) is 0 Å². The van der Waals surface area contributed by atoms with Crippen LogP contribution in [0.25, 0.3) is 0 Å². The standard InChI is InChI=1S/C47H42N6O5/c1-28-13-15-32(16-14-28)50-53-44(56)39-27-38-35(42(36-11-7-8-12-40(36)54)47(39,46(53)58)29-9-5-4-6-10-29)25-26-37-41(38)45(57)52(43(37)55)34-23-19-31(20-24-34)49-48-30-17-21-33(22-18-30)51(2)3/h4-25,37-39,41-42,50,54H,26-27H2,1-3H3. The number of allylic oxidation sites excluding steroid dienone is 2. The molecule has 5 aromatic carbocycles. The number of hydrazine groups is 1. The molecule has 0 aromatic heterocycles. The molecular weight excluding hydrogens is 729 g/mol. The fourth-order valence-corrected chi connectivity index (χ4v) is 9.68. The van der Waals surface area contributed by atoms with Gasteiger partial charge in [-0.05, 0) is 98.0 Å². The van der Waals surface area contributed by atoms with Gasteiger partial charge in [0.2, 0.25) is 11.8 Å². The van der Waals surface area contributed by atoms with Gasteiger partial charge in [0.25, 0.3) is 11.8 Å². The van der Waals surface area contributed by atoms with Crippen LogP contribution in [0.3, 0.4) is 0 Å². The molecule has 2 aliphatic carbocycles. The van der Waals surface area contributed by atoms with Crippen LogP contribution in [0, 0.1) is 30.6 Å². The number of aromatic hydroxyl groups is 1. The highest BCUT2D eigenvalue weighted by Gasteiger charge is 2.70. The van der Waals surface area contributed by atoms with Gasteiger partial charge in [0, 0.05) is 31.3 Å². The Kier molecular flexibility index (Phi) is 9.03. The maximum absolute atomic E-state index is 15.3. The van der Waals surface area contributed by atoms with Crippen molar-refractivity contribution in [2.75, 3.05) is 29.3 Å². The summed E-state index contributed by atoms with van der Waals surface area (Å²) in [6.07, 6.45) is 2.41. The number of rotatable bonds is 8. The van der Waals surface area contributed by atoms with E-state index in [0.717, 1.165) is 21.8 Å². The molecule has 11 nitrogen and oxygen atoms in total. The van der Waals surface area contributed by atoms with Crippen molar-refractivity contribution in [2.24, 2.45) is 33.9 Å². The smallest absolute Gasteiger partial charge is 0.260 e. The van der Waals surface area contributed by atoms with Gasteiger partial charge in [0.1, 0.15) is 5.75 Å². The zero-order valence-corrected chi connectivity index (χ0v) is 32.3. The van der Waals surface area contributed by atoms with Crippen LogP contribution in [-0.4, -0.2) is 47.8 Å². The number of hydrogen-bond donors (Lipinski definition) is 2. The number of nitrogens with zero attached hydrogens (tertiary/aromatic N) is 5. The van der Waals surface area contributed by atoms with Crippen molar-refractivity contribution >= 4 is 52.1 Å². The lowest BCUT2D eigenvalue weighted by molar-refractivity contribution is -0.138. The lowest BCUT2D eigenvalue weighted by Crippen LogP contribution is -2.53. The predicted molar refractivity (Wildman–Crippen MR) is 221 cm³/mol. The van der Waals surface area contributed by atoms with Crippen LogP contribution in [0.1, 0.15) is 35.4 Å². The lowest BCUT2D eigenvalue weighted by Gasteiger charge is -2.50. The summed E-state index contributed by atoms with van der Waals surface area (Å²) in [7, 11) is 3.93. The Labute approximate surface area is 336 Å². The van der Waals surface area contributed by atoms with Gasteiger partial charge in [-0.25, -0.2) is 0 Å². The Morgan fingerprint density at radius 1 is 0.724 bits per heavy atom. The maximum atomic E-state index is 15.3. The second-order valence-corrected chi connectivity index (χ2v) is 15.8. The molecule has 2 aliphatic heterocycles. The molecule has 4 amide bonds. The zero-order valence-electron chi connectivity index (χ0n) is 32.3. The number of nitrogens with one attached hydrogen (secondary N) is 1. The highest BCUT2D eigenvalue weighted by atomic mass is 16.3. The van der Waals surface area contributed by atoms with E-state index in [9.17, 15) is 19.5 Å². The molecule has 58 heavy (non-hydrogen) atoms. The van der Waals surface area contributed by atoms with Crippen LogP contribution in [0.5, 0.6) is 5.75 Å². The zero-order chi connectivity index (χ0) is 40.3. The second kappa shape index (κ2) is 14.3. The third kappa shape index (κ3) is 5.79. The maximum Gasteiger partial charge on any atom is 0.260 e. The summed E-state index contributed by atoms with van der Waals surface area (Å²) < 4.78 is 0. The number of anilines is 3. The fraction of sp³-hybridized carbons (Fsp3) is 0.234. The third-order valence-corrected chi connectivity index (χ3v) is 12.4. The first-order valence-electron chi connectivity index (χ1n) is 19.5. The average molecular weight is 771 g/mol. The largest absolute Gasteiger partial charge is 0.508 e. The number of carbonyl (C=O) groups is 4. The topological polar surface area (TPSA) is 135 Å². The number of azo groups is 1. The first-order valence-corrected chi connectivity index (χ1v) is 19.5. The molecule has 6 unspecified atom stereocenters. The van der Waals surface area contributed by atoms with Gasteiger partial charge in [-0.2, -0.15) is 15.2 Å². The minimum absolute atomic E-state index is 0.0197. The summed E-state index contributed by atoms with van der Waals surface area (Å²) in [6.45, 7) is 1.96. The summed E-state index contributed by atoms with van der Waals surface area (Å²) in [4.78, 5) is 62.4. The fourth-order valence-electron chi connectivity index (χ4n) is 9.68. The van der Waals surface area contributed by atoms with Gasteiger partial charge >= 0.3 is 0 Å². The minimum atomic E-state index is -1.46. The SMILES string of the molecule is Cc1ccc(NN2C(=O)C3CC4C(=CCC5C(=O)N(c6ccc(N=Nc7ccc(N(C)C)cc7)cc6)C(=O)C54)C(c4ccccc4O)C3(c3ccccc3)C2=O)cc1. The summed E-state index contributed by atoms with van der Waals surface area (Å²) in [5.41, 5.74) is 7.86. The Balaban J connectivity index is 1.09. The monoisotopic (exact) mass is 770 g/mol. The Morgan fingerprint density at radius 3 is 2.02 bits per heavy atom. The van der Waals surface area contributed by atoms with Crippen molar-refractivity contribution in [3.8, 4) is 5.75 Å². The molecule has 2 saturated heterocycles. The number of hydrogen-bond acceptors (Lipinski definition) is 9. The van der Waals surface area contributed by atoms with Crippen molar-refractivity contribution in [1.29, 1.82) is 0 Å². The predicted octanol–water partition coefficient (Wildman–Crippen LogP) is 8.37. The molecule has 5 aromatic rings. The van der Waals surface area contributed by atoms with Gasteiger partial charge in [0.05, 0.1) is 45.9 Å². The Hall–Kier alpha value is -6.88. The molecular formula is C47H42N6O5. The number of phenols is 1. The van der Waals surface area contributed by atoms with Crippen LogP contribution in [0.4, 0.5) is 28.4 Å². The molecule has 3 fully saturated rings. The molecule has 9 rings (SSSR count). The minimum Gasteiger partial charge on any atom is -0.508 e. The van der Waals surface area contributed by atoms with E-state index in [4.69, 9.17) is 0 Å². The van der Waals surface area contributed by atoms with Crippen molar-refractivity contribution in [3.05, 3.63) is 156 Å². The van der Waals surface area contributed by atoms with Gasteiger partial charge < -0.3 is 10.0 Å². The third-order valence-electron chi connectivity index (χ3n) is 12.4. The molecule has 2 heterocycles. The van der Waals surface area contributed by atoms with Gasteiger partial charge in [0.15, 0.2) is 0 Å². The highest BCUT2D eigenvalue weighted by molar-refractivity contribution is 6.22. The summed E-state index contributed by atoms with van der Waals surface area (Å²) in [5, 5.41) is 21.4. The summed E-state index contributed by atoms with van der Waals surface area (Å²) >= 11 is 0. The Morgan fingerprint density at radius 2 is 1.36 bits per heavy atom. The molecule has 2 N–H and O–H groups in total.